The second-order valence-electron chi connectivity index (χ2n) is 6.63. The lowest BCUT2D eigenvalue weighted by Gasteiger charge is -2.26. The van der Waals surface area contributed by atoms with Crippen LogP contribution in [0.25, 0.3) is 11.4 Å². The lowest BCUT2D eigenvalue weighted by Crippen LogP contribution is -2.40. The number of ether oxygens (including phenoxy) is 1. The van der Waals surface area contributed by atoms with Crippen LogP contribution in [0.15, 0.2) is 56.7 Å². The van der Waals surface area contributed by atoms with Crippen LogP contribution in [0.5, 0.6) is 0 Å². The first kappa shape index (κ1) is 21.2. The first-order valence-corrected chi connectivity index (χ1v) is 11.0. The van der Waals surface area contributed by atoms with Gasteiger partial charge in [-0.3, -0.25) is 14.3 Å². The molecule has 0 bridgehead atoms. The van der Waals surface area contributed by atoms with Gasteiger partial charge in [0.05, 0.1) is 23.8 Å². The maximum atomic E-state index is 12.7. The van der Waals surface area contributed by atoms with Crippen LogP contribution in [0.3, 0.4) is 0 Å². The molecule has 0 saturated carbocycles. The number of carbonyl (C=O) groups is 1. The van der Waals surface area contributed by atoms with Crippen molar-refractivity contribution in [2.75, 3.05) is 31.6 Å². The van der Waals surface area contributed by atoms with Crippen LogP contribution in [-0.4, -0.2) is 55.1 Å². The minimum atomic E-state index is -3.66. The number of anilines is 1. The van der Waals surface area contributed by atoms with Gasteiger partial charge in [-0.1, -0.05) is 16.8 Å². The highest BCUT2D eigenvalue weighted by molar-refractivity contribution is 7.89. The highest BCUT2D eigenvalue weighted by Gasteiger charge is 2.26. The first-order valence-electron chi connectivity index (χ1n) is 9.20. The van der Waals surface area contributed by atoms with Gasteiger partial charge in [-0.2, -0.15) is 4.31 Å². The highest BCUT2D eigenvalue weighted by atomic mass is 35.5. The SMILES string of the molecule is O=C(Nc1cc(Cl)ccc1-c1noc(=O)[nH]1)c1ccc(S(=O)(=O)N2CCOCC2)cc1. The van der Waals surface area contributed by atoms with Gasteiger partial charge in [0.1, 0.15) is 0 Å². The van der Waals surface area contributed by atoms with Crippen LogP contribution in [0.1, 0.15) is 10.4 Å². The van der Waals surface area contributed by atoms with E-state index in [1.165, 1.54) is 34.6 Å². The number of carbonyl (C=O) groups excluding carboxylic acids is 1. The fourth-order valence-electron chi connectivity index (χ4n) is 3.08. The van der Waals surface area contributed by atoms with Gasteiger partial charge in [0, 0.05) is 29.2 Å². The minimum absolute atomic E-state index is 0.0922. The number of H-pyrrole nitrogens is 1. The zero-order chi connectivity index (χ0) is 22.0. The van der Waals surface area contributed by atoms with Crippen molar-refractivity contribution in [2.24, 2.45) is 0 Å². The highest BCUT2D eigenvalue weighted by Crippen LogP contribution is 2.28. The van der Waals surface area contributed by atoms with E-state index in [4.69, 9.17) is 16.3 Å². The van der Waals surface area contributed by atoms with E-state index in [-0.39, 0.29) is 29.4 Å². The molecule has 3 aromatic rings. The third-order valence-electron chi connectivity index (χ3n) is 4.65. The van der Waals surface area contributed by atoms with Crippen molar-refractivity contribution in [1.29, 1.82) is 0 Å². The quantitative estimate of drug-likeness (QED) is 0.589. The molecule has 0 spiro atoms. The molecule has 1 amide bonds. The lowest BCUT2D eigenvalue weighted by molar-refractivity contribution is 0.0730. The number of morpholine rings is 1. The van der Waals surface area contributed by atoms with Gasteiger partial charge >= 0.3 is 5.76 Å². The van der Waals surface area contributed by atoms with Crippen LogP contribution >= 0.6 is 11.6 Å². The van der Waals surface area contributed by atoms with E-state index < -0.39 is 21.7 Å². The number of amides is 1. The molecule has 0 radical (unpaired) electrons. The summed E-state index contributed by atoms with van der Waals surface area (Å²) in [5.41, 5.74) is 0.933. The molecule has 1 aliphatic rings. The van der Waals surface area contributed by atoms with Crippen molar-refractivity contribution in [1.82, 2.24) is 14.4 Å². The van der Waals surface area contributed by atoms with Gasteiger partial charge in [0.15, 0.2) is 5.82 Å². The third kappa shape index (κ3) is 4.54. The van der Waals surface area contributed by atoms with E-state index in [0.717, 1.165) is 0 Å². The van der Waals surface area contributed by atoms with E-state index in [2.05, 4.69) is 20.0 Å². The Hall–Kier alpha value is -2.99. The Balaban J connectivity index is 1.56. The summed E-state index contributed by atoms with van der Waals surface area (Å²) in [6.07, 6.45) is 0. The minimum Gasteiger partial charge on any atom is -0.379 e. The Kier molecular flexibility index (Phi) is 5.92. The van der Waals surface area contributed by atoms with E-state index in [1.807, 2.05) is 0 Å². The number of sulfonamides is 1. The zero-order valence-corrected chi connectivity index (χ0v) is 17.6. The predicted octanol–water partition coefficient (Wildman–Crippen LogP) is 1.96. The summed E-state index contributed by atoms with van der Waals surface area (Å²) in [5.74, 6) is -1.10. The largest absolute Gasteiger partial charge is 0.439 e. The van der Waals surface area contributed by atoms with E-state index in [9.17, 15) is 18.0 Å². The first-order chi connectivity index (χ1) is 14.8. The molecule has 2 aromatic carbocycles. The molecule has 1 aliphatic heterocycles. The van der Waals surface area contributed by atoms with Crippen molar-refractivity contribution in [2.45, 2.75) is 4.90 Å². The van der Waals surface area contributed by atoms with Gasteiger partial charge < -0.3 is 10.1 Å². The second-order valence-corrected chi connectivity index (χ2v) is 9.00. The summed E-state index contributed by atoms with van der Waals surface area (Å²) in [7, 11) is -3.66. The maximum absolute atomic E-state index is 12.7. The number of hydrogen-bond donors (Lipinski definition) is 2. The number of rotatable bonds is 5. The van der Waals surface area contributed by atoms with Crippen LogP contribution < -0.4 is 11.1 Å². The predicted molar refractivity (Wildman–Crippen MR) is 112 cm³/mol. The number of nitrogens with one attached hydrogen (secondary N) is 2. The van der Waals surface area contributed by atoms with Gasteiger partial charge in [0.2, 0.25) is 10.0 Å². The van der Waals surface area contributed by atoms with Crippen LogP contribution in [-0.2, 0) is 14.8 Å². The van der Waals surface area contributed by atoms with E-state index in [0.29, 0.717) is 29.5 Å². The summed E-state index contributed by atoms with van der Waals surface area (Å²) in [6.45, 7) is 1.26. The molecular formula is C19H17ClN4O6S. The lowest BCUT2D eigenvalue weighted by atomic mass is 10.1. The molecule has 10 nitrogen and oxygen atoms in total. The van der Waals surface area contributed by atoms with Gasteiger partial charge in [-0.25, -0.2) is 13.2 Å². The Morgan fingerprint density at radius 2 is 1.84 bits per heavy atom. The standard InChI is InChI=1S/C19H17ClN4O6S/c20-13-3-6-15(17-22-19(26)30-23-17)16(11-13)21-18(25)12-1-4-14(5-2-12)31(27,28)24-7-9-29-10-8-24/h1-6,11H,7-10H2,(H,21,25)(H,22,23,26). The molecule has 31 heavy (non-hydrogen) atoms. The molecule has 2 N–H and O–H groups in total. The fourth-order valence-corrected chi connectivity index (χ4v) is 4.66. The summed E-state index contributed by atoms with van der Waals surface area (Å²) in [5, 5.41) is 6.67. The topological polar surface area (TPSA) is 135 Å². The van der Waals surface area contributed by atoms with Crippen molar-refractivity contribution < 1.29 is 22.5 Å². The summed E-state index contributed by atoms with van der Waals surface area (Å²) in [4.78, 5) is 26.5. The normalized spacial score (nSPS) is 15.0. The molecule has 1 aromatic heterocycles. The van der Waals surface area contributed by atoms with Crippen molar-refractivity contribution >= 4 is 33.2 Å². The summed E-state index contributed by atoms with van der Waals surface area (Å²) >= 11 is 6.04. The molecular weight excluding hydrogens is 448 g/mol. The van der Waals surface area contributed by atoms with Gasteiger partial charge in [-0.05, 0) is 42.5 Å². The Bertz CT molecular complexity index is 1260. The Labute approximate surface area is 181 Å². The fraction of sp³-hybridized carbons (Fsp3) is 0.211. The molecule has 162 valence electrons. The number of benzene rings is 2. The van der Waals surface area contributed by atoms with Crippen molar-refractivity contribution in [3.63, 3.8) is 0 Å². The zero-order valence-electron chi connectivity index (χ0n) is 16.0. The number of aromatic amines is 1. The Morgan fingerprint density at radius 3 is 2.48 bits per heavy atom. The monoisotopic (exact) mass is 464 g/mol. The smallest absolute Gasteiger partial charge is 0.379 e. The van der Waals surface area contributed by atoms with Gasteiger partial charge in [0.25, 0.3) is 5.91 Å². The van der Waals surface area contributed by atoms with Crippen molar-refractivity contribution in [3.05, 3.63) is 63.6 Å². The molecule has 4 rings (SSSR count). The Morgan fingerprint density at radius 1 is 1.13 bits per heavy atom. The van der Waals surface area contributed by atoms with Crippen molar-refractivity contribution in [3.8, 4) is 11.4 Å². The number of aromatic nitrogens is 2. The molecule has 2 heterocycles. The molecule has 0 unspecified atom stereocenters. The third-order valence-corrected chi connectivity index (χ3v) is 6.80. The van der Waals surface area contributed by atoms with Crippen LogP contribution in [0, 0.1) is 0 Å². The summed E-state index contributed by atoms with van der Waals surface area (Å²) in [6, 6.07) is 10.3. The number of hydrogen-bond acceptors (Lipinski definition) is 7. The molecule has 12 heteroatoms. The van der Waals surface area contributed by atoms with Crippen LogP contribution in [0.4, 0.5) is 5.69 Å². The molecule has 0 aliphatic carbocycles. The maximum Gasteiger partial charge on any atom is 0.439 e. The molecule has 1 saturated heterocycles. The molecule has 0 atom stereocenters. The second kappa shape index (κ2) is 8.63. The number of nitrogens with zero attached hydrogens (tertiary/aromatic N) is 2. The number of halogens is 1. The van der Waals surface area contributed by atoms with E-state index in [1.54, 1.807) is 12.1 Å². The van der Waals surface area contributed by atoms with Gasteiger partial charge in [-0.15, -0.1) is 0 Å². The van der Waals surface area contributed by atoms with Crippen LogP contribution in [0.2, 0.25) is 5.02 Å². The average molecular weight is 465 g/mol. The average Bonchev–Trinajstić information content (AvgIpc) is 3.20. The molecule has 1 fully saturated rings. The van der Waals surface area contributed by atoms with E-state index >= 15 is 0 Å². The summed E-state index contributed by atoms with van der Waals surface area (Å²) < 4.78 is 36.5.